The zero-order valence-corrected chi connectivity index (χ0v) is 11.4. The maximum atomic E-state index is 13.6. The number of nitrogen functional groups attached to an aromatic ring is 1. The molecule has 2 unspecified atom stereocenters. The average molecular weight is 290 g/mol. The van der Waals surface area contributed by atoms with Crippen molar-refractivity contribution in [2.24, 2.45) is 0 Å². The van der Waals surface area contributed by atoms with Crippen LogP contribution in [0.4, 0.5) is 14.5 Å². The molecule has 19 heavy (non-hydrogen) atoms. The molecule has 1 heterocycles. The highest BCUT2D eigenvalue weighted by Gasteiger charge is 2.24. The van der Waals surface area contributed by atoms with Crippen LogP contribution < -0.4 is 5.73 Å². The number of hydrogen-bond acceptors (Lipinski definition) is 4. The van der Waals surface area contributed by atoms with Gasteiger partial charge in [0.15, 0.2) is 0 Å². The molecule has 0 saturated carbocycles. The van der Waals surface area contributed by atoms with E-state index in [1.807, 2.05) is 11.9 Å². The van der Waals surface area contributed by atoms with Gasteiger partial charge in [-0.1, -0.05) is 0 Å². The van der Waals surface area contributed by atoms with Gasteiger partial charge in [0.05, 0.1) is 29.3 Å². The second-order valence-electron chi connectivity index (χ2n) is 4.58. The SMILES string of the molecule is CN1CCOC(CS(=O)c2c(F)cc(N)cc2F)C1. The molecule has 0 aliphatic carbocycles. The summed E-state index contributed by atoms with van der Waals surface area (Å²) in [5, 5.41) is 0. The first-order valence-electron chi connectivity index (χ1n) is 5.90. The van der Waals surface area contributed by atoms with E-state index in [-0.39, 0.29) is 17.5 Å². The number of nitrogens with zero attached hydrogens (tertiary/aromatic N) is 1. The van der Waals surface area contributed by atoms with Gasteiger partial charge in [0, 0.05) is 18.8 Å². The molecule has 0 radical (unpaired) electrons. The molecule has 0 aromatic heterocycles. The van der Waals surface area contributed by atoms with E-state index in [2.05, 4.69) is 0 Å². The second kappa shape index (κ2) is 5.94. The minimum atomic E-state index is -1.78. The predicted octanol–water partition coefficient (Wildman–Crippen LogP) is 0.985. The highest BCUT2D eigenvalue weighted by atomic mass is 32.2. The average Bonchev–Trinajstić information content (AvgIpc) is 2.27. The summed E-state index contributed by atoms with van der Waals surface area (Å²) in [6.45, 7) is 1.93. The Bertz CT molecular complexity index is 476. The Kier molecular flexibility index (Phi) is 4.49. The van der Waals surface area contributed by atoms with Gasteiger partial charge in [0.2, 0.25) is 0 Å². The topological polar surface area (TPSA) is 55.6 Å². The van der Waals surface area contributed by atoms with Crippen LogP contribution in [0.1, 0.15) is 0 Å². The van der Waals surface area contributed by atoms with Crippen molar-refractivity contribution in [3.05, 3.63) is 23.8 Å². The molecule has 4 nitrogen and oxygen atoms in total. The Morgan fingerprint density at radius 1 is 1.47 bits per heavy atom. The highest BCUT2D eigenvalue weighted by molar-refractivity contribution is 7.85. The highest BCUT2D eigenvalue weighted by Crippen LogP contribution is 2.21. The van der Waals surface area contributed by atoms with Crippen LogP contribution in [0.5, 0.6) is 0 Å². The van der Waals surface area contributed by atoms with Crippen LogP contribution in [0, 0.1) is 11.6 Å². The smallest absolute Gasteiger partial charge is 0.144 e. The normalized spacial score (nSPS) is 22.4. The van der Waals surface area contributed by atoms with Crippen LogP contribution in [0.25, 0.3) is 0 Å². The molecule has 7 heteroatoms. The van der Waals surface area contributed by atoms with E-state index in [4.69, 9.17) is 10.5 Å². The fourth-order valence-electron chi connectivity index (χ4n) is 2.02. The van der Waals surface area contributed by atoms with E-state index in [0.29, 0.717) is 13.2 Å². The summed E-state index contributed by atoms with van der Waals surface area (Å²) in [4.78, 5) is 1.60. The van der Waals surface area contributed by atoms with Crippen LogP contribution in [0.15, 0.2) is 17.0 Å². The Morgan fingerprint density at radius 2 is 2.11 bits per heavy atom. The van der Waals surface area contributed by atoms with Gasteiger partial charge in [0.1, 0.15) is 16.5 Å². The number of hydrogen-bond donors (Lipinski definition) is 1. The third kappa shape index (κ3) is 3.49. The third-order valence-electron chi connectivity index (χ3n) is 2.93. The van der Waals surface area contributed by atoms with Gasteiger partial charge < -0.3 is 15.4 Å². The summed E-state index contributed by atoms with van der Waals surface area (Å²) >= 11 is 0. The molecule has 0 spiro atoms. The summed E-state index contributed by atoms with van der Waals surface area (Å²) in [5.74, 6) is -1.68. The maximum Gasteiger partial charge on any atom is 0.144 e. The van der Waals surface area contributed by atoms with Crippen molar-refractivity contribution in [3.8, 4) is 0 Å². The Labute approximate surface area is 113 Å². The molecule has 2 N–H and O–H groups in total. The minimum absolute atomic E-state index is 0.0237. The zero-order valence-electron chi connectivity index (χ0n) is 10.6. The lowest BCUT2D eigenvalue weighted by Gasteiger charge is -2.29. The molecule has 0 amide bonds. The maximum absolute atomic E-state index is 13.6. The van der Waals surface area contributed by atoms with Gasteiger partial charge >= 0.3 is 0 Å². The Balaban J connectivity index is 2.12. The Morgan fingerprint density at radius 3 is 2.68 bits per heavy atom. The van der Waals surface area contributed by atoms with Gasteiger partial charge in [-0.2, -0.15) is 0 Å². The lowest BCUT2D eigenvalue weighted by atomic mass is 10.3. The number of morpholine rings is 1. The molecule has 106 valence electrons. The van der Waals surface area contributed by atoms with Crippen LogP contribution in [-0.2, 0) is 15.5 Å². The second-order valence-corrected chi connectivity index (χ2v) is 6.01. The lowest BCUT2D eigenvalue weighted by molar-refractivity contribution is -0.00642. The van der Waals surface area contributed by atoms with Gasteiger partial charge in [-0.25, -0.2) is 8.78 Å². The van der Waals surface area contributed by atoms with Crippen molar-refractivity contribution in [1.29, 1.82) is 0 Å². The van der Waals surface area contributed by atoms with Crippen LogP contribution >= 0.6 is 0 Å². The molecule has 0 bridgehead atoms. The molecule has 1 aromatic carbocycles. The predicted molar refractivity (Wildman–Crippen MR) is 69.3 cm³/mol. The summed E-state index contributed by atoms with van der Waals surface area (Å²) in [7, 11) is 0.135. The van der Waals surface area contributed by atoms with E-state index in [0.717, 1.165) is 18.7 Å². The molecule has 1 aliphatic heterocycles. The van der Waals surface area contributed by atoms with Gasteiger partial charge in [0.25, 0.3) is 0 Å². The molecule has 1 aliphatic rings. The number of benzene rings is 1. The molecule has 2 atom stereocenters. The standard InChI is InChI=1S/C12H16F2N2O2S/c1-16-2-3-18-9(6-16)7-19(17)12-10(13)4-8(15)5-11(12)14/h4-5,9H,2-3,6-7,15H2,1H3. The van der Waals surface area contributed by atoms with E-state index in [9.17, 15) is 13.0 Å². The molecule has 1 saturated heterocycles. The van der Waals surface area contributed by atoms with Gasteiger partial charge in [-0.05, 0) is 19.2 Å². The fourth-order valence-corrected chi connectivity index (χ4v) is 3.28. The molecular weight excluding hydrogens is 274 g/mol. The van der Waals surface area contributed by atoms with Crippen molar-refractivity contribution in [1.82, 2.24) is 4.90 Å². The third-order valence-corrected chi connectivity index (χ3v) is 4.45. The number of nitrogens with two attached hydrogens (primary N) is 1. The first-order valence-corrected chi connectivity index (χ1v) is 7.22. The van der Waals surface area contributed by atoms with Crippen molar-refractivity contribution in [2.75, 3.05) is 38.2 Å². The monoisotopic (exact) mass is 290 g/mol. The minimum Gasteiger partial charge on any atom is -0.399 e. The fraction of sp³-hybridized carbons (Fsp3) is 0.500. The zero-order chi connectivity index (χ0) is 14.0. The largest absolute Gasteiger partial charge is 0.399 e. The summed E-state index contributed by atoms with van der Waals surface area (Å²) in [6.07, 6.45) is -0.282. The van der Waals surface area contributed by atoms with Crippen molar-refractivity contribution in [2.45, 2.75) is 11.0 Å². The number of ether oxygens (including phenoxy) is 1. The lowest BCUT2D eigenvalue weighted by Crippen LogP contribution is -2.42. The van der Waals surface area contributed by atoms with Gasteiger partial charge in [-0.3, -0.25) is 4.21 Å². The first-order chi connectivity index (χ1) is 8.97. The van der Waals surface area contributed by atoms with E-state index < -0.39 is 27.3 Å². The number of rotatable bonds is 3. The number of likely N-dealkylation sites (N-methyl/N-ethyl adjacent to an activating group) is 1. The molecule has 2 rings (SSSR count). The quantitative estimate of drug-likeness (QED) is 0.843. The Hall–Kier alpha value is -1.05. The first kappa shape index (κ1) is 14.4. The molecule has 1 aromatic rings. The van der Waals surface area contributed by atoms with Crippen LogP contribution in [0.3, 0.4) is 0 Å². The summed E-state index contributed by atoms with van der Waals surface area (Å²) < 4.78 is 44.8. The van der Waals surface area contributed by atoms with Gasteiger partial charge in [-0.15, -0.1) is 0 Å². The number of halogens is 2. The summed E-state index contributed by atoms with van der Waals surface area (Å²) in [6, 6.07) is 1.95. The van der Waals surface area contributed by atoms with E-state index in [1.54, 1.807) is 0 Å². The molecule has 1 fully saturated rings. The van der Waals surface area contributed by atoms with Crippen molar-refractivity contribution in [3.63, 3.8) is 0 Å². The van der Waals surface area contributed by atoms with Crippen LogP contribution in [0.2, 0.25) is 0 Å². The van der Waals surface area contributed by atoms with Crippen molar-refractivity contribution < 1.29 is 17.7 Å². The van der Waals surface area contributed by atoms with E-state index in [1.165, 1.54) is 0 Å². The van der Waals surface area contributed by atoms with Crippen molar-refractivity contribution >= 4 is 16.5 Å². The summed E-state index contributed by atoms with van der Waals surface area (Å²) in [5.41, 5.74) is 5.30. The van der Waals surface area contributed by atoms with Crippen LogP contribution in [-0.4, -0.2) is 47.7 Å². The molecular formula is C12H16F2N2O2S. The number of anilines is 1. The van der Waals surface area contributed by atoms with E-state index >= 15 is 0 Å².